The highest BCUT2D eigenvalue weighted by molar-refractivity contribution is 5.82. The summed E-state index contributed by atoms with van der Waals surface area (Å²) < 4.78 is 11.5. The molecule has 0 radical (unpaired) electrons. The molecule has 158 valence electrons. The Morgan fingerprint density at radius 2 is 1.70 bits per heavy atom. The van der Waals surface area contributed by atoms with Crippen molar-refractivity contribution in [1.29, 1.82) is 0 Å². The maximum Gasteiger partial charge on any atom is 0.267 e. The summed E-state index contributed by atoms with van der Waals surface area (Å²) in [5.74, 6) is 1.21. The summed E-state index contributed by atoms with van der Waals surface area (Å²) in [6.07, 6.45) is -0.621. The van der Waals surface area contributed by atoms with Crippen LogP contribution in [0.25, 0.3) is 0 Å². The third-order valence-corrected chi connectivity index (χ3v) is 5.57. The van der Waals surface area contributed by atoms with Crippen LogP contribution in [-0.2, 0) is 16.1 Å². The zero-order valence-electron chi connectivity index (χ0n) is 17.2. The van der Waals surface area contributed by atoms with E-state index >= 15 is 0 Å². The third kappa shape index (κ3) is 4.74. The van der Waals surface area contributed by atoms with Crippen molar-refractivity contribution in [2.75, 3.05) is 39.3 Å². The molecule has 7 heteroatoms. The Kier molecular flexibility index (Phi) is 6.18. The van der Waals surface area contributed by atoms with Crippen LogP contribution < -0.4 is 14.8 Å². The molecule has 2 aromatic rings. The van der Waals surface area contributed by atoms with E-state index in [9.17, 15) is 9.59 Å². The monoisotopic (exact) mass is 409 g/mol. The second-order valence-corrected chi connectivity index (χ2v) is 7.67. The molecule has 2 aliphatic heterocycles. The topological polar surface area (TPSA) is 71.1 Å². The summed E-state index contributed by atoms with van der Waals surface area (Å²) in [6.45, 7) is 5.60. The summed E-state index contributed by atoms with van der Waals surface area (Å²) >= 11 is 0. The summed E-state index contributed by atoms with van der Waals surface area (Å²) in [5.41, 5.74) is 2.29. The zero-order chi connectivity index (χ0) is 20.9. The van der Waals surface area contributed by atoms with Crippen molar-refractivity contribution in [2.45, 2.75) is 19.6 Å². The Morgan fingerprint density at radius 3 is 2.47 bits per heavy atom. The molecule has 1 N–H and O–H groups in total. The number of carbonyl (C=O) groups excluding carboxylic acids is 2. The molecule has 0 spiro atoms. The lowest BCUT2D eigenvalue weighted by Crippen LogP contribution is -2.55. The van der Waals surface area contributed by atoms with Crippen LogP contribution in [-0.4, -0.2) is 67.0 Å². The van der Waals surface area contributed by atoms with Gasteiger partial charge >= 0.3 is 0 Å². The van der Waals surface area contributed by atoms with Gasteiger partial charge in [-0.05, 0) is 30.2 Å². The first-order valence-electron chi connectivity index (χ1n) is 10.3. The number of rotatable bonds is 5. The normalized spacial score (nSPS) is 18.7. The molecule has 2 aromatic carbocycles. The Balaban J connectivity index is 1.21. The van der Waals surface area contributed by atoms with Gasteiger partial charge in [-0.15, -0.1) is 0 Å². The van der Waals surface area contributed by atoms with Gasteiger partial charge < -0.3 is 19.7 Å². The van der Waals surface area contributed by atoms with E-state index in [0.29, 0.717) is 50.8 Å². The van der Waals surface area contributed by atoms with Gasteiger partial charge in [0.1, 0.15) is 6.61 Å². The first-order chi connectivity index (χ1) is 14.6. The number of hydrogen-bond acceptors (Lipinski definition) is 5. The smallest absolute Gasteiger partial charge is 0.267 e. The van der Waals surface area contributed by atoms with Crippen LogP contribution in [0.3, 0.4) is 0 Å². The number of amides is 2. The van der Waals surface area contributed by atoms with Crippen LogP contribution in [0.5, 0.6) is 11.5 Å². The van der Waals surface area contributed by atoms with Gasteiger partial charge in [0.2, 0.25) is 12.0 Å². The first kappa shape index (κ1) is 20.2. The standard InChI is InChI=1S/C23H27N3O4/c1-17-6-2-3-7-18(17)14-24-22(27)15-25-10-12-26(13-11-25)23(28)21-16-29-19-8-4-5-9-20(19)30-21/h2-9,21H,10-16H2,1H3,(H,24,27)/t21-/m1/s1. The van der Waals surface area contributed by atoms with E-state index in [1.807, 2.05) is 55.5 Å². The van der Waals surface area contributed by atoms with E-state index in [1.54, 1.807) is 4.90 Å². The number of para-hydroxylation sites is 2. The number of carbonyl (C=O) groups is 2. The van der Waals surface area contributed by atoms with Gasteiger partial charge in [0.25, 0.3) is 5.91 Å². The number of benzene rings is 2. The van der Waals surface area contributed by atoms with Gasteiger partial charge in [0, 0.05) is 32.7 Å². The highest BCUT2D eigenvalue weighted by atomic mass is 16.6. The van der Waals surface area contributed by atoms with E-state index in [0.717, 1.165) is 5.56 Å². The third-order valence-electron chi connectivity index (χ3n) is 5.57. The van der Waals surface area contributed by atoms with E-state index in [2.05, 4.69) is 10.2 Å². The molecular weight excluding hydrogens is 382 g/mol. The molecule has 30 heavy (non-hydrogen) atoms. The number of aryl methyl sites for hydroxylation is 1. The van der Waals surface area contributed by atoms with Gasteiger partial charge in [-0.2, -0.15) is 0 Å². The predicted octanol–water partition coefficient (Wildman–Crippen LogP) is 1.60. The number of fused-ring (bicyclic) bond motifs is 1. The maximum absolute atomic E-state index is 12.8. The highest BCUT2D eigenvalue weighted by Gasteiger charge is 2.32. The van der Waals surface area contributed by atoms with Crippen molar-refractivity contribution in [1.82, 2.24) is 15.1 Å². The number of ether oxygens (including phenoxy) is 2. The fourth-order valence-corrected chi connectivity index (χ4v) is 3.73. The molecule has 4 rings (SSSR count). The molecule has 0 bridgehead atoms. The Labute approximate surface area is 176 Å². The van der Waals surface area contributed by atoms with Gasteiger partial charge in [-0.1, -0.05) is 36.4 Å². The SMILES string of the molecule is Cc1ccccc1CNC(=O)CN1CCN(C(=O)[C@H]2COc3ccccc3O2)CC1. The second kappa shape index (κ2) is 9.17. The maximum atomic E-state index is 12.8. The highest BCUT2D eigenvalue weighted by Crippen LogP contribution is 2.31. The van der Waals surface area contributed by atoms with Crippen LogP contribution in [0.15, 0.2) is 48.5 Å². The van der Waals surface area contributed by atoms with E-state index in [4.69, 9.17) is 9.47 Å². The van der Waals surface area contributed by atoms with Crippen molar-refractivity contribution in [3.8, 4) is 11.5 Å². The van der Waals surface area contributed by atoms with E-state index in [-0.39, 0.29) is 18.4 Å². The fraction of sp³-hybridized carbons (Fsp3) is 0.391. The predicted molar refractivity (Wildman–Crippen MR) is 112 cm³/mol. The number of nitrogens with one attached hydrogen (secondary N) is 1. The summed E-state index contributed by atoms with van der Waals surface area (Å²) in [4.78, 5) is 29.0. The lowest BCUT2D eigenvalue weighted by atomic mass is 10.1. The van der Waals surface area contributed by atoms with Crippen molar-refractivity contribution in [2.24, 2.45) is 0 Å². The van der Waals surface area contributed by atoms with E-state index in [1.165, 1.54) is 5.56 Å². The van der Waals surface area contributed by atoms with Gasteiger partial charge in [0.15, 0.2) is 11.5 Å². The second-order valence-electron chi connectivity index (χ2n) is 7.67. The molecule has 1 saturated heterocycles. The molecule has 1 atom stereocenters. The molecule has 0 aliphatic carbocycles. The van der Waals surface area contributed by atoms with E-state index < -0.39 is 6.10 Å². The van der Waals surface area contributed by atoms with Crippen LogP contribution in [0.1, 0.15) is 11.1 Å². The summed E-state index contributed by atoms with van der Waals surface area (Å²) in [6, 6.07) is 15.4. The molecule has 0 aromatic heterocycles. The molecule has 7 nitrogen and oxygen atoms in total. The molecule has 2 heterocycles. The Morgan fingerprint density at radius 1 is 1.00 bits per heavy atom. The average molecular weight is 409 g/mol. The van der Waals surface area contributed by atoms with Crippen molar-refractivity contribution >= 4 is 11.8 Å². The molecule has 2 aliphatic rings. The Hall–Kier alpha value is -3.06. The van der Waals surface area contributed by atoms with Crippen molar-refractivity contribution in [3.63, 3.8) is 0 Å². The van der Waals surface area contributed by atoms with Gasteiger partial charge in [-0.25, -0.2) is 0 Å². The van der Waals surface area contributed by atoms with Crippen LogP contribution in [0.2, 0.25) is 0 Å². The van der Waals surface area contributed by atoms with Crippen LogP contribution >= 0.6 is 0 Å². The molecule has 2 amide bonds. The number of piperazine rings is 1. The summed E-state index contributed by atoms with van der Waals surface area (Å²) in [7, 11) is 0. The first-order valence-corrected chi connectivity index (χ1v) is 10.3. The fourth-order valence-electron chi connectivity index (χ4n) is 3.73. The molecule has 0 unspecified atom stereocenters. The minimum atomic E-state index is -0.621. The van der Waals surface area contributed by atoms with Crippen LogP contribution in [0.4, 0.5) is 0 Å². The average Bonchev–Trinajstić information content (AvgIpc) is 2.78. The molecule has 0 saturated carbocycles. The zero-order valence-corrected chi connectivity index (χ0v) is 17.2. The van der Waals surface area contributed by atoms with Crippen molar-refractivity contribution in [3.05, 3.63) is 59.7 Å². The Bertz CT molecular complexity index is 909. The van der Waals surface area contributed by atoms with Crippen LogP contribution in [0, 0.1) is 6.92 Å². The molecule has 1 fully saturated rings. The van der Waals surface area contributed by atoms with Crippen molar-refractivity contribution < 1.29 is 19.1 Å². The number of hydrogen-bond donors (Lipinski definition) is 1. The quantitative estimate of drug-likeness (QED) is 0.812. The summed E-state index contributed by atoms with van der Waals surface area (Å²) in [5, 5.41) is 2.98. The lowest BCUT2D eigenvalue weighted by molar-refractivity contribution is -0.143. The minimum absolute atomic E-state index is 0.00125. The van der Waals surface area contributed by atoms with Gasteiger partial charge in [0.05, 0.1) is 6.54 Å². The lowest BCUT2D eigenvalue weighted by Gasteiger charge is -2.36. The largest absolute Gasteiger partial charge is 0.485 e. The minimum Gasteiger partial charge on any atom is -0.485 e. The molecular formula is C23H27N3O4. The van der Waals surface area contributed by atoms with Gasteiger partial charge in [-0.3, -0.25) is 14.5 Å². The number of nitrogens with zero attached hydrogens (tertiary/aromatic N) is 2.